The van der Waals surface area contributed by atoms with Crippen LogP contribution < -0.4 is 5.32 Å². The fraction of sp³-hybridized carbons (Fsp3) is 0.464. The topological polar surface area (TPSA) is 82.5 Å². The van der Waals surface area contributed by atoms with Crippen molar-refractivity contribution < 1.29 is 19.1 Å². The normalized spacial score (nSPS) is 12.4. The predicted octanol–water partition coefficient (Wildman–Crippen LogP) is 5.63. The van der Waals surface area contributed by atoms with Gasteiger partial charge in [0, 0.05) is 13.0 Å². The van der Waals surface area contributed by atoms with Gasteiger partial charge >= 0.3 is 12.1 Å². The second-order valence-electron chi connectivity index (χ2n) is 9.94. The van der Waals surface area contributed by atoms with Crippen molar-refractivity contribution in [2.75, 3.05) is 0 Å². The highest BCUT2D eigenvalue weighted by atomic mass is 16.6. The monoisotopic (exact) mass is 479 g/mol. The molecular weight excluding hydrogens is 442 g/mol. The van der Waals surface area contributed by atoms with Crippen LogP contribution in [0.3, 0.4) is 0 Å². The van der Waals surface area contributed by atoms with Crippen molar-refractivity contribution in [3.63, 3.8) is 0 Å². The Hall–Kier alpha value is -3.35. The molecule has 0 bridgehead atoms. The highest BCUT2D eigenvalue weighted by Gasteiger charge is 2.26. The van der Waals surface area contributed by atoms with E-state index in [-0.39, 0.29) is 6.61 Å². The van der Waals surface area contributed by atoms with E-state index in [0.717, 1.165) is 35.4 Å². The molecule has 35 heavy (non-hydrogen) atoms. The summed E-state index contributed by atoms with van der Waals surface area (Å²) in [4.78, 5) is 30.3. The van der Waals surface area contributed by atoms with Crippen LogP contribution in [0.2, 0.25) is 0 Å². The zero-order valence-corrected chi connectivity index (χ0v) is 21.7. The van der Waals surface area contributed by atoms with Crippen LogP contribution in [0, 0.1) is 13.8 Å². The number of carbonyl (C=O) groups is 2. The first-order chi connectivity index (χ1) is 16.6. The number of imidazole rings is 1. The number of nitrogens with one attached hydrogen (secondary N) is 1. The Morgan fingerprint density at radius 3 is 2.43 bits per heavy atom. The van der Waals surface area contributed by atoms with Crippen molar-refractivity contribution in [1.82, 2.24) is 14.9 Å². The molecule has 1 N–H and O–H groups in total. The zero-order chi connectivity index (χ0) is 25.6. The van der Waals surface area contributed by atoms with E-state index in [4.69, 9.17) is 14.5 Å². The van der Waals surface area contributed by atoms with Crippen molar-refractivity contribution in [2.45, 2.75) is 85.6 Å². The lowest BCUT2D eigenvalue weighted by molar-refractivity contribution is -0.147. The third-order valence-corrected chi connectivity index (χ3v) is 5.75. The minimum Gasteiger partial charge on any atom is -0.459 e. The molecule has 0 aliphatic heterocycles. The van der Waals surface area contributed by atoms with Gasteiger partial charge in [0.1, 0.15) is 24.1 Å². The number of benzene rings is 2. The van der Waals surface area contributed by atoms with Gasteiger partial charge in [-0.3, -0.25) is 0 Å². The first-order valence-corrected chi connectivity index (χ1v) is 12.2. The van der Waals surface area contributed by atoms with Crippen LogP contribution in [0.25, 0.3) is 11.0 Å². The third kappa shape index (κ3) is 7.31. The number of fused-ring (bicyclic) bond motifs is 1. The second-order valence-corrected chi connectivity index (χ2v) is 9.94. The second kappa shape index (κ2) is 11.4. The van der Waals surface area contributed by atoms with E-state index < -0.39 is 23.7 Å². The van der Waals surface area contributed by atoms with Crippen LogP contribution in [0.15, 0.2) is 42.5 Å². The Morgan fingerprint density at radius 2 is 1.77 bits per heavy atom. The average molecular weight is 480 g/mol. The van der Waals surface area contributed by atoms with Gasteiger partial charge in [-0.05, 0) is 76.3 Å². The van der Waals surface area contributed by atoms with Crippen molar-refractivity contribution in [2.24, 2.45) is 0 Å². The Morgan fingerprint density at radius 1 is 1.09 bits per heavy atom. The van der Waals surface area contributed by atoms with Gasteiger partial charge in [0.25, 0.3) is 0 Å². The molecule has 2 aromatic carbocycles. The van der Waals surface area contributed by atoms with E-state index >= 15 is 0 Å². The maximum absolute atomic E-state index is 13.0. The predicted molar refractivity (Wildman–Crippen MR) is 137 cm³/mol. The number of esters is 1. The lowest BCUT2D eigenvalue weighted by Crippen LogP contribution is -2.44. The maximum atomic E-state index is 13.0. The maximum Gasteiger partial charge on any atom is 0.408 e. The van der Waals surface area contributed by atoms with Gasteiger partial charge < -0.3 is 19.4 Å². The van der Waals surface area contributed by atoms with Crippen LogP contribution in [-0.2, 0) is 33.8 Å². The summed E-state index contributed by atoms with van der Waals surface area (Å²) in [7, 11) is 0. The molecule has 188 valence electrons. The Labute approximate surface area is 207 Å². The van der Waals surface area contributed by atoms with Crippen LogP contribution in [0.5, 0.6) is 0 Å². The minimum atomic E-state index is -0.855. The molecule has 3 aromatic rings. The van der Waals surface area contributed by atoms with E-state index in [2.05, 4.69) is 42.8 Å². The number of aromatic nitrogens is 2. The molecule has 0 saturated heterocycles. The first kappa shape index (κ1) is 26.3. The van der Waals surface area contributed by atoms with E-state index in [0.29, 0.717) is 12.8 Å². The highest BCUT2D eigenvalue weighted by Crippen LogP contribution is 2.22. The summed E-state index contributed by atoms with van der Waals surface area (Å²) in [6.45, 7) is 12.6. The number of aryl methyl sites for hydroxylation is 4. The minimum absolute atomic E-state index is 0.138. The van der Waals surface area contributed by atoms with Gasteiger partial charge in [-0.1, -0.05) is 37.3 Å². The molecule has 7 nitrogen and oxygen atoms in total. The molecule has 0 spiro atoms. The van der Waals surface area contributed by atoms with Crippen molar-refractivity contribution in [3.8, 4) is 0 Å². The molecule has 0 radical (unpaired) electrons. The molecule has 0 aliphatic rings. The van der Waals surface area contributed by atoms with Gasteiger partial charge in [-0.15, -0.1) is 0 Å². The summed E-state index contributed by atoms with van der Waals surface area (Å²) >= 11 is 0. The molecule has 0 fully saturated rings. The molecule has 1 atom stereocenters. The smallest absolute Gasteiger partial charge is 0.408 e. The zero-order valence-electron chi connectivity index (χ0n) is 21.7. The number of carbonyl (C=O) groups excluding carboxylic acids is 2. The van der Waals surface area contributed by atoms with Crippen LogP contribution in [0.4, 0.5) is 4.79 Å². The molecule has 3 rings (SSSR count). The largest absolute Gasteiger partial charge is 0.459 e. The third-order valence-electron chi connectivity index (χ3n) is 5.75. The molecule has 0 unspecified atom stereocenters. The van der Waals surface area contributed by atoms with Crippen LogP contribution in [0.1, 0.15) is 63.1 Å². The van der Waals surface area contributed by atoms with Gasteiger partial charge in [0.2, 0.25) is 0 Å². The molecule has 1 amide bonds. The van der Waals surface area contributed by atoms with Gasteiger partial charge in [-0.2, -0.15) is 0 Å². The fourth-order valence-corrected chi connectivity index (χ4v) is 3.90. The van der Waals surface area contributed by atoms with Gasteiger partial charge in [0.05, 0.1) is 11.0 Å². The molecule has 0 saturated carbocycles. The molecular formula is C28H37N3O4. The Bertz CT molecular complexity index is 1160. The summed E-state index contributed by atoms with van der Waals surface area (Å²) in [6.07, 6.45) is 1.17. The SMILES string of the molecule is CCCn1c(CC[C@H](NC(=O)OC(C)(C)C)C(=O)OCc2ccccc2)nc2cc(C)c(C)cc21. The number of nitrogens with zero attached hydrogens (tertiary/aromatic N) is 2. The summed E-state index contributed by atoms with van der Waals surface area (Å²) in [5.74, 6) is 0.392. The number of hydrogen-bond acceptors (Lipinski definition) is 5. The number of amides is 1. The van der Waals surface area contributed by atoms with E-state index in [9.17, 15) is 9.59 Å². The van der Waals surface area contributed by atoms with Gasteiger partial charge in [0.15, 0.2) is 0 Å². The fourth-order valence-electron chi connectivity index (χ4n) is 3.90. The van der Waals surface area contributed by atoms with Gasteiger partial charge in [-0.25, -0.2) is 14.6 Å². The first-order valence-electron chi connectivity index (χ1n) is 12.2. The van der Waals surface area contributed by atoms with Crippen LogP contribution in [-0.4, -0.2) is 33.3 Å². The molecule has 0 aliphatic carbocycles. The van der Waals surface area contributed by atoms with Crippen molar-refractivity contribution in [1.29, 1.82) is 0 Å². The summed E-state index contributed by atoms with van der Waals surface area (Å²) in [6, 6.07) is 12.9. The number of alkyl carbamates (subject to hydrolysis) is 1. The standard InChI is InChI=1S/C28H37N3O4/c1-7-15-31-24-17-20(3)19(2)16-23(24)29-25(31)14-13-22(30-27(33)35-28(4,5)6)26(32)34-18-21-11-9-8-10-12-21/h8-12,16-17,22H,7,13-15,18H2,1-6H3,(H,30,33)/t22-/m0/s1. The molecule has 1 aromatic heterocycles. The van der Waals surface area contributed by atoms with E-state index in [1.807, 2.05) is 30.3 Å². The van der Waals surface area contributed by atoms with Crippen molar-refractivity contribution >= 4 is 23.1 Å². The molecule has 1 heterocycles. The number of hydrogen-bond donors (Lipinski definition) is 1. The Kier molecular flexibility index (Phi) is 8.54. The molecule has 7 heteroatoms. The van der Waals surface area contributed by atoms with E-state index in [1.165, 1.54) is 11.1 Å². The van der Waals surface area contributed by atoms with Crippen LogP contribution >= 0.6 is 0 Å². The number of ether oxygens (including phenoxy) is 2. The lowest BCUT2D eigenvalue weighted by atomic mass is 10.1. The number of rotatable bonds is 9. The van der Waals surface area contributed by atoms with Crippen molar-refractivity contribution in [3.05, 3.63) is 65.0 Å². The quantitative estimate of drug-likeness (QED) is 0.402. The highest BCUT2D eigenvalue weighted by molar-refractivity contribution is 5.81. The Balaban J connectivity index is 1.79. The summed E-state index contributed by atoms with van der Waals surface area (Å²) in [5.41, 5.74) is 4.66. The summed E-state index contributed by atoms with van der Waals surface area (Å²) in [5, 5.41) is 2.71. The lowest BCUT2D eigenvalue weighted by Gasteiger charge is -2.23. The summed E-state index contributed by atoms with van der Waals surface area (Å²) < 4.78 is 13.1. The van der Waals surface area contributed by atoms with E-state index in [1.54, 1.807) is 20.8 Å². The average Bonchev–Trinajstić information content (AvgIpc) is 3.11.